The molecule has 0 aliphatic heterocycles. The molecule has 88 valence electrons. The number of thiocarbonyl (C=S) groups is 1. The summed E-state index contributed by atoms with van der Waals surface area (Å²) in [5, 5.41) is 11.0. The van der Waals surface area contributed by atoms with E-state index in [4.69, 9.17) is 33.4 Å². The maximum atomic E-state index is 6.00. The lowest BCUT2D eigenvalue weighted by molar-refractivity contribution is 0.589. The molecule has 3 N–H and O–H groups in total. The van der Waals surface area contributed by atoms with Gasteiger partial charge in [0, 0.05) is 5.02 Å². The highest BCUT2D eigenvalue weighted by atomic mass is 35.5. The largest absolute Gasteiger partial charge is 0.403 e. The van der Waals surface area contributed by atoms with Gasteiger partial charge in [-0.05, 0) is 30.4 Å². The van der Waals surface area contributed by atoms with Crippen molar-refractivity contribution in [3.8, 4) is 11.5 Å². The summed E-state index contributed by atoms with van der Waals surface area (Å²) in [7, 11) is 0. The second-order valence-corrected chi connectivity index (χ2v) is 4.31. The molecule has 0 saturated heterocycles. The molecular weight excluding hydrogens is 283 g/mol. The van der Waals surface area contributed by atoms with Gasteiger partial charge in [0.05, 0.1) is 10.6 Å². The van der Waals surface area contributed by atoms with E-state index < -0.39 is 0 Å². The number of halogens is 2. The highest BCUT2D eigenvalue weighted by Crippen LogP contribution is 2.29. The molecule has 0 unspecified atom stereocenters. The maximum Gasteiger partial charge on any atom is 0.322 e. The fourth-order valence-electron chi connectivity index (χ4n) is 1.15. The van der Waals surface area contributed by atoms with Crippen LogP contribution in [0.4, 0.5) is 6.01 Å². The topological polar surface area (TPSA) is 77.0 Å². The fraction of sp³-hybridized carbons (Fsp3) is 0. The average molecular weight is 289 g/mol. The van der Waals surface area contributed by atoms with Gasteiger partial charge in [0.15, 0.2) is 5.11 Å². The first-order chi connectivity index (χ1) is 8.06. The molecule has 0 saturated carbocycles. The van der Waals surface area contributed by atoms with Gasteiger partial charge in [0.2, 0.25) is 0 Å². The Hall–Kier alpha value is -1.37. The van der Waals surface area contributed by atoms with Crippen molar-refractivity contribution >= 4 is 46.5 Å². The Bertz CT molecular complexity index is 572. The second-order valence-electron chi connectivity index (χ2n) is 3.03. The lowest BCUT2D eigenvalue weighted by Crippen LogP contribution is -2.18. The Balaban J connectivity index is 2.33. The van der Waals surface area contributed by atoms with Crippen LogP contribution in [0, 0.1) is 0 Å². The molecule has 1 aromatic carbocycles. The van der Waals surface area contributed by atoms with Crippen molar-refractivity contribution in [3.63, 3.8) is 0 Å². The monoisotopic (exact) mass is 288 g/mol. The number of anilines is 1. The molecule has 5 nitrogen and oxygen atoms in total. The van der Waals surface area contributed by atoms with Gasteiger partial charge < -0.3 is 10.2 Å². The second kappa shape index (κ2) is 4.87. The predicted molar refractivity (Wildman–Crippen MR) is 70.2 cm³/mol. The van der Waals surface area contributed by atoms with E-state index in [1.807, 2.05) is 0 Å². The number of nitrogens with two attached hydrogens (primary N) is 1. The predicted octanol–water partition coefficient (Wildman–Crippen LogP) is 2.70. The number of benzene rings is 1. The smallest absolute Gasteiger partial charge is 0.322 e. The Labute approximate surface area is 112 Å². The van der Waals surface area contributed by atoms with Crippen LogP contribution in [0.3, 0.4) is 0 Å². The zero-order chi connectivity index (χ0) is 12.4. The summed E-state index contributed by atoms with van der Waals surface area (Å²) >= 11 is 16.4. The van der Waals surface area contributed by atoms with Crippen LogP contribution in [-0.2, 0) is 0 Å². The van der Waals surface area contributed by atoms with E-state index in [0.29, 0.717) is 15.6 Å². The molecule has 0 radical (unpaired) electrons. The minimum absolute atomic E-state index is 0.0439. The number of rotatable bonds is 2. The van der Waals surface area contributed by atoms with Gasteiger partial charge >= 0.3 is 6.01 Å². The zero-order valence-corrected chi connectivity index (χ0v) is 10.6. The number of hydrogen-bond donors (Lipinski definition) is 2. The zero-order valence-electron chi connectivity index (χ0n) is 8.28. The molecule has 1 aromatic heterocycles. The number of hydrogen-bond acceptors (Lipinski definition) is 4. The van der Waals surface area contributed by atoms with E-state index in [1.54, 1.807) is 18.2 Å². The van der Waals surface area contributed by atoms with Crippen LogP contribution in [0.15, 0.2) is 22.6 Å². The van der Waals surface area contributed by atoms with Crippen molar-refractivity contribution in [3.05, 3.63) is 28.2 Å². The molecule has 8 heteroatoms. The van der Waals surface area contributed by atoms with Crippen LogP contribution in [-0.4, -0.2) is 15.3 Å². The van der Waals surface area contributed by atoms with Crippen molar-refractivity contribution in [1.29, 1.82) is 0 Å². The number of nitrogens with one attached hydrogen (secondary N) is 1. The molecule has 0 atom stereocenters. The van der Waals surface area contributed by atoms with Crippen LogP contribution in [0.25, 0.3) is 11.5 Å². The molecule has 0 amide bonds. The van der Waals surface area contributed by atoms with E-state index >= 15 is 0 Å². The normalized spacial score (nSPS) is 10.2. The van der Waals surface area contributed by atoms with Crippen LogP contribution >= 0.6 is 35.4 Å². The Kier molecular flexibility index (Phi) is 3.46. The van der Waals surface area contributed by atoms with Crippen molar-refractivity contribution in [1.82, 2.24) is 10.2 Å². The minimum atomic E-state index is 0.0439. The van der Waals surface area contributed by atoms with Gasteiger partial charge in [-0.3, -0.25) is 5.32 Å². The average Bonchev–Trinajstić information content (AvgIpc) is 2.65. The van der Waals surface area contributed by atoms with Crippen molar-refractivity contribution in [2.45, 2.75) is 0 Å². The molecule has 2 rings (SSSR count). The fourth-order valence-corrected chi connectivity index (χ4v) is 1.73. The van der Waals surface area contributed by atoms with Gasteiger partial charge in [0.25, 0.3) is 5.89 Å². The summed E-state index contributed by atoms with van der Waals surface area (Å²) < 4.78 is 5.27. The van der Waals surface area contributed by atoms with Crippen LogP contribution in [0.1, 0.15) is 0 Å². The number of aromatic nitrogens is 2. The molecular formula is C9H6Cl2N4OS. The van der Waals surface area contributed by atoms with Crippen molar-refractivity contribution in [2.24, 2.45) is 5.73 Å². The SMILES string of the molecule is NC(=S)Nc1nnc(-c2ccc(Cl)cc2Cl)o1. The molecule has 1 heterocycles. The van der Waals surface area contributed by atoms with Gasteiger partial charge in [-0.1, -0.05) is 28.3 Å². The van der Waals surface area contributed by atoms with E-state index in [9.17, 15) is 0 Å². The summed E-state index contributed by atoms with van der Waals surface area (Å²) in [5.41, 5.74) is 5.85. The van der Waals surface area contributed by atoms with Gasteiger partial charge in [-0.2, -0.15) is 0 Å². The third-order valence-electron chi connectivity index (χ3n) is 1.82. The molecule has 17 heavy (non-hydrogen) atoms. The highest BCUT2D eigenvalue weighted by molar-refractivity contribution is 7.80. The van der Waals surface area contributed by atoms with Crippen molar-refractivity contribution < 1.29 is 4.42 Å². The maximum absolute atomic E-state index is 6.00. The molecule has 0 bridgehead atoms. The Morgan fingerprint density at radius 1 is 1.35 bits per heavy atom. The van der Waals surface area contributed by atoms with Gasteiger partial charge in [-0.25, -0.2) is 0 Å². The molecule has 0 aliphatic carbocycles. The van der Waals surface area contributed by atoms with E-state index in [2.05, 4.69) is 27.7 Å². The first kappa shape index (κ1) is 12.1. The van der Waals surface area contributed by atoms with Gasteiger partial charge in [0.1, 0.15) is 0 Å². The summed E-state index contributed by atoms with van der Waals surface area (Å²) in [6, 6.07) is 5.05. The first-order valence-corrected chi connectivity index (χ1v) is 5.58. The molecule has 0 fully saturated rings. The summed E-state index contributed by atoms with van der Waals surface area (Å²) in [4.78, 5) is 0. The lowest BCUT2D eigenvalue weighted by atomic mass is 10.2. The van der Waals surface area contributed by atoms with Crippen LogP contribution in [0.5, 0.6) is 0 Å². The molecule has 0 spiro atoms. The Morgan fingerprint density at radius 2 is 2.12 bits per heavy atom. The lowest BCUT2D eigenvalue weighted by Gasteiger charge is -1.99. The van der Waals surface area contributed by atoms with Crippen LogP contribution in [0.2, 0.25) is 10.0 Å². The first-order valence-electron chi connectivity index (χ1n) is 4.41. The van der Waals surface area contributed by atoms with E-state index in [-0.39, 0.29) is 17.0 Å². The molecule has 2 aromatic rings. The van der Waals surface area contributed by atoms with Crippen LogP contribution < -0.4 is 11.1 Å². The van der Waals surface area contributed by atoms with E-state index in [1.165, 1.54) is 0 Å². The summed E-state index contributed by atoms with van der Waals surface area (Å²) in [6.45, 7) is 0. The van der Waals surface area contributed by atoms with Crippen molar-refractivity contribution in [2.75, 3.05) is 5.32 Å². The van der Waals surface area contributed by atoms with E-state index in [0.717, 1.165) is 0 Å². The summed E-state index contributed by atoms with van der Waals surface area (Å²) in [6.07, 6.45) is 0. The summed E-state index contributed by atoms with van der Waals surface area (Å²) in [5.74, 6) is 0.255. The third-order valence-corrected chi connectivity index (χ3v) is 2.47. The molecule has 0 aliphatic rings. The quantitative estimate of drug-likeness (QED) is 0.828. The van der Waals surface area contributed by atoms with Gasteiger partial charge in [-0.15, -0.1) is 5.10 Å². The number of nitrogens with zero attached hydrogens (tertiary/aromatic N) is 2. The minimum Gasteiger partial charge on any atom is -0.403 e. The highest BCUT2D eigenvalue weighted by Gasteiger charge is 2.12. The standard InChI is InChI=1S/C9H6Cl2N4OS/c10-4-1-2-5(6(11)3-4)7-14-15-9(16-7)13-8(12)17/h1-3H,(H3,12,13,15,17). The third kappa shape index (κ3) is 2.85. The Morgan fingerprint density at radius 3 is 2.76 bits per heavy atom.